The van der Waals surface area contributed by atoms with E-state index in [4.69, 9.17) is 23.2 Å². The molecular formula is C11H12Cl2N2O2. The second-order valence-corrected chi connectivity index (χ2v) is 3.97. The van der Waals surface area contributed by atoms with Crippen molar-refractivity contribution in [3.05, 3.63) is 33.8 Å². The molecule has 0 aliphatic carbocycles. The zero-order valence-electron chi connectivity index (χ0n) is 9.46. The smallest absolute Gasteiger partial charge is 0.427 e. The molecule has 1 amide bonds. The fourth-order valence-electron chi connectivity index (χ4n) is 1.08. The first-order valence-corrected chi connectivity index (χ1v) is 5.72. The summed E-state index contributed by atoms with van der Waals surface area (Å²) in [5, 5.41) is 4.79. The maximum Gasteiger partial charge on any atom is 0.427 e. The van der Waals surface area contributed by atoms with Gasteiger partial charge < -0.3 is 4.74 Å². The standard InChI is InChI=1S/C11H12Cl2N2O2/c1-3-17-11(16)15-14-7(2)8-4-5-9(12)10(13)6-8/h4-6H,3H2,1-2H3,(H,15,16)/b14-7+. The van der Waals surface area contributed by atoms with Crippen LogP contribution in [0.15, 0.2) is 23.3 Å². The molecule has 17 heavy (non-hydrogen) atoms. The summed E-state index contributed by atoms with van der Waals surface area (Å²) in [4.78, 5) is 11.0. The third-order valence-corrected chi connectivity index (χ3v) is 2.67. The Balaban J connectivity index is 2.74. The van der Waals surface area contributed by atoms with Gasteiger partial charge in [0.25, 0.3) is 0 Å². The number of benzene rings is 1. The van der Waals surface area contributed by atoms with Crippen molar-refractivity contribution in [3.8, 4) is 0 Å². The Morgan fingerprint density at radius 1 is 1.41 bits per heavy atom. The highest BCUT2D eigenvalue weighted by Crippen LogP contribution is 2.22. The molecule has 1 aromatic rings. The number of hydrogen-bond acceptors (Lipinski definition) is 3. The van der Waals surface area contributed by atoms with Gasteiger partial charge in [-0.1, -0.05) is 29.3 Å². The quantitative estimate of drug-likeness (QED) is 0.678. The van der Waals surface area contributed by atoms with E-state index >= 15 is 0 Å². The Morgan fingerprint density at radius 3 is 2.71 bits per heavy atom. The van der Waals surface area contributed by atoms with Crippen LogP contribution >= 0.6 is 23.2 Å². The molecule has 1 rings (SSSR count). The summed E-state index contributed by atoms with van der Waals surface area (Å²) in [5.74, 6) is 0. The fourth-order valence-corrected chi connectivity index (χ4v) is 1.38. The van der Waals surface area contributed by atoms with E-state index in [1.54, 1.807) is 32.0 Å². The summed E-state index contributed by atoms with van der Waals surface area (Å²) in [7, 11) is 0. The Bertz CT molecular complexity index is 447. The first-order chi connectivity index (χ1) is 8.04. The third kappa shape index (κ3) is 4.24. The van der Waals surface area contributed by atoms with Crippen molar-refractivity contribution >= 4 is 35.0 Å². The molecular weight excluding hydrogens is 263 g/mol. The van der Waals surface area contributed by atoms with Gasteiger partial charge in [0.05, 0.1) is 22.4 Å². The van der Waals surface area contributed by atoms with Gasteiger partial charge in [-0.3, -0.25) is 0 Å². The molecule has 4 nitrogen and oxygen atoms in total. The molecule has 0 bridgehead atoms. The van der Waals surface area contributed by atoms with E-state index < -0.39 is 6.09 Å². The molecule has 0 radical (unpaired) electrons. The lowest BCUT2D eigenvalue weighted by Gasteiger charge is -2.04. The Morgan fingerprint density at radius 2 is 2.12 bits per heavy atom. The number of nitrogens with zero attached hydrogens (tertiary/aromatic N) is 1. The van der Waals surface area contributed by atoms with Crippen LogP contribution in [0.4, 0.5) is 4.79 Å². The van der Waals surface area contributed by atoms with Gasteiger partial charge in [-0.05, 0) is 31.5 Å². The lowest BCUT2D eigenvalue weighted by Crippen LogP contribution is -2.20. The highest BCUT2D eigenvalue weighted by molar-refractivity contribution is 6.42. The number of carbonyl (C=O) groups excluding carboxylic acids is 1. The van der Waals surface area contributed by atoms with Gasteiger partial charge in [0.15, 0.2) is 0 Å². The lowest BCUT2D eigenvalue weighted by molar-refractivity contribution is 0.152. The number of amides is 1. The van der Waals surface area contributed by atoms with E-state index in [9.17, 15) is 4.79 Å². The second kappa shape index (κ2) is 6.47. The van der Waals surface area contributed by atoms with Crippen molar-refractivity contribution in [2.24, 2.45) is 5.10 Å². The summed E-state index contributed by atoms with van der Waals surface area (Å²) >= 11 is 11.7. The molecule has 0 aromatic heterocycles. The van der Waals surface area contributed by atoms with Gasteiger partial charge in [-0.25, -0.2) is 10.2 Å². The van der Waals surface area contributed by atoms with E-state index in [1.807, 2.05) is 0 Å². The monoisotopic (exact) mass is 274 g/mol. The minimum atomic E-state index is -0.591. The lowest BCUT2D eigenvalue weighted by atomic mass is 10.1. The van der Waals surface area contributed by atoms with E-state index in [0.29, 0.717) is 22.4 Å². The van der Waals surface area contributed by atoms with Crippen LogP contribution < -0.4 is 5.43 Å². The van der Waals surface area contributed by atoms with Crippen LogP contribution in [0.25, 0.3) is 0 Å². The molecule has 0 unspecified atom stereocenters. The number of carbonyl (C=O) groups is 1. The van der Waals surface area contributed by atoms with Crippen LogP contribution in [-0.2, 0) is 4.74 Å². The second-order valence-electron chi connectivity index (χ2n) is 3.16. The average molecular weight is 275 g/mol. The SMILES string of the molecule is CCOC(=O)N/N=C(\C)c1ccc(Cl)c(Cl)c1. The molecule has 92 valence electrons. The van der Waals surface area contributed by atoms with Crippen LogP contribution in [0.5, 0.6) is 0 Å². The van der Waals surface area contributed by atoms with E-state index in [-0.39, 0.29) is 0 Å². The first kappa shape index (κ1) is 13.8. The highest BCUT2D eigenvalue weighted by atomic mass is 35.5. The van der Waals surface area contributed by atoms with Crippen molar-refractivity contribution in [1.82, 2.24) is 5.43 Å². The number of halogens is 2. The molecule has 6 heteroatoms. The predicted molar refractivity (Wildman–Crippen MR) is 68.8 cm³/mol. The zero-order chi connectivity index (χ0) is 12.8. The van der Waals surface area contributed by atoms with Crippen LogP contribution in [0.3, 0.4) is 0 Å². The van der Waals surface area contributed by atoms with Gasteiger partial charge in [0.2, 0.25) is 0 Å². The maximum atomic E-state index is 11.0. The molecule has 0 fully saturated rings. The van der Waals surface area contributed by atoms with Gasteiger partial charge in [-0.15, -0.1) is 0 Å². The first-order valence-electron chi connectivity index (χ1n) is 4.97. The van der Waals surface area contributed by atoms with Crippen LogP contribution in [0.2, 0.25) is 10.0 Å². The number of rotatable bonds is 3. The molecule has 0 saturated heterocycles. The van der Waals surface area contributed by atoms with Gasteiger partial charge >= 0.3 is 6.09 Å². The summed E-state index contributed by atoms with van der Waals surface area (Å²) in [6.45, 7) is 3.76. The highest BCUT2D eigenvalue weighted by Gasteiger charge is 2.03. The molecule has 1 N–H and O–H groups in total. The minimum Gasteiger partial charge on any atom is -0.449 e. The van der Waals surface area contributed by atoms with Crippen molar-refractivity contribution in [1.29, 1.82) is 0 Å². The molecule has 0 atom stereocenters. The van der Waals surface area contributed by atoms with Gasteiger partial charge in [-0.2, -0.15) is 5.10 Å². The van der Waals surface area contributed by atoms with Crippen LogP contribution in [-0.4, -0.2) is 18.4 Å². The van der Waals surface area contributed by atoms with Crippen molar-refractivity contribution < 1.29 is 9.53 Å². The number of nitrogens with one attached hydrogen (secondary N) is 1. The van der Waals surface area contributed by atoms with Gasteiger partial charge in [0.1, 0.15) is 0 Å². The number of ether oxygens (including phenoxy) is 1. The van der Waals surface area contributed by atoms with Gasteiger partial charge in [0, 0.05) is 0 Å². The fraction of sp³-hybridized carbons (Fsp3) is 0.273. The normalized spacial score (nSPS) is 11.2. The zero-order valence-corrected chi connectivity index (χ0v) is 11.0. The summed E-state index contributed by atoms with van der Waals surface area (Å²) in [6, 6.07) is 5.11. The average Bonchev–Trinajstić information content (AvgIpc) is 2.30. The molecule has 0 heterocycles. The number of hydrazone groups is 1. The van der Waals surface area contributed by atoms with Crippen LogP contribution in [0, 0.1) is 0 Å². The van der Waals surface area contributed by atoms with Crippen LogP contribution in [0.1, 0.15) is 19.4 Å². The summed E-state index contributed by atoms with van der Waals surface area (Å²) in [5.41, 5.74) is 3.65. The van der Waals surface area contributed by atoms with E-state index in [0.717, 1.165) is 5.56 Å². The van der Waals surface area contributed by atoms with E-state index in [2.05, 4.69) is 15.3 Å². The minimum absolute atomic E-state index is 0.299. The topological polar surface area (TPSA) is 50.7 Å². The summed E-state index contributed by atoms with van der Waals surface area (Å²) < 4.78 is 4.67. The molecule has 1 aromatic carbocycles. The molecule has 0 aliphatic heterocycles. The summed E-state index contributed by atoms with van der Waals surface area (Å²) in [6.07, 6.45) is -0.591. The largest absolute Gasteiger partial charge is 0.449 e. The Kier molecular flexibility index (Phi) is 5.25. The molecule has 0 aliphatic rings. The third-order valence-electron chi connectivity index (χ3n) is 1.93. The van der Waals surface area contributed by atoms with E-state index in [1.165, 1.54) is 0 Å². The molecule has 0 spiro atoms. The van der Waals surface area contributed by atoms with Crippen molar-refractivity contribution in [3.63, 3.8) is 0 Å². The Hall–Kier alpha value is -1.26. The Labute approximate surface area is 110 Å². The number of hydrogen-bond donors (Lipinski definition) is 1. The van der Waals surface area contributed by atoms with Crippen molar-refractivity contribution in [2.45, 2.75) is 13.8 Å². The van der Waals surface area contributed by atoms with Crippen molar-refractivity contribution in [2.75, 3.05) is 6.61 Å². The molecule has 0 saturated carbocycles. The predicted octanol–water partition coefficient (Wildman–Crippen LogP) is 3.46. The maximum absolute atomic E-state index is 11.0.